The molecule has 0 unspecified atom stereocenters. The molecule has 7 nitrogen and oxygen atoms in total. The molecule has 0 fully saturated rings. The highest BCUT2D eigenvalue weighted by molar-refractivity contribution is 7.99. The van der Waals surface area contributed by atoms with Gasteiger partial charge in [0.05, 0.1) is 12.0 Å². The van der Waals surface area contributed by atoms with Gasteiger partial charge in [-0.3, -0.25) is 14.2 Å². The molecule has 0 spiro atoms. The number of ketones is 1. The van der Waals surface area contributed by atoms with Crippen molar-refractivity contribution in [2.24, 2.45) is 5.73 Å². The molecule has 0 aliphatic rings. The van der Waals surface area contributed by atoms with Gasteiger partial charge in [0.2, 0.25) is 5.91 Å². The number of hydrogen-bond donors (Lipinski definition) is 1. The van der Waals surface area contributed by atoms with Gasteiger partial charge in [-0.05, 0) is 32.0 Å². The van der Waals surface area contributed by atoms with Crippen molar-refractivity contribution in [3.8, 4) is 11.6 Å². The van der Waals surface area contributed by atoms with E-state index in [1.54, 1.807) is 34.3 Å². The third kappa shape index (κ3) is 4.05. The molecule has 2 N–H and O–H groups in total. The predicted molar refractivity (Wildman–Crippen MR) is 100 cm³/mol. The minimum Gasteiger partial charge on any atom is -0.461 e. The van der Waals surface area contributed by atoms with Gasteiger partial charge in [0, 0.05) is 28.3 Å². The first kappa shape index (κ1) is 18.4. The monoisotopic (exact) mass is 390 g/mol. The fraction of sp³-hybridized carbons (Fsp3) is 0.294. The molecule has 1 amide bonds. The molecule has 3 aromatic rings. The lowest BCUT2D eigenvalue weighted by molar-refractivity contribution is -0.118. The molecule has 0 saturated heterocycles. The standard InChI is InChI=1S/C17H18N4O3S2/c1-10-8-12(11(2)26-10)13(22)9-25-17-20-19-16(14-4-3-7-24-14)21(17)6-5-15(18)23/h3-4,7-8H,5-6,9H2,1-2H3,(H2,18,23). The zero-order chi connectivity index (χ0) is 18.7. The third-order valence-electron chi connectivity index (χ3n) is 3.71. The summed E-state index contributed by atoms with van der Waals surface area (Å²) in [5, 5.41) is 8.85. The summed E-state index contributed by atoms with van der Waals surface area (Å²) in [7, 11) is 0. The number of amides is 1. The van der Waals surface area contributed by atoms with Gasteiger partial charge in [0.25, 0.3) is 0 Å². The lowest BCUT2D eigenvalue weighted by Gasteiger charge is -2.07. The van der Waals surface area contributed by atoms with Gasteiger partial charge in [-0.15, -0.1) is 21.5 Å². The quantitative estimate of drug-likeness (QED) is 0.468. The number of nitrogens with two attached hydrogens (primary N) is 1. The zero-order valence-electron chi connectivity index (χ0n) is 14.4. The molecule has 3 aromatic heterocycles. The first-order valence-electron chi connectivity index (χ1n) is 7.94. The van der Waals surface area contributed by atoms with Gasteiger partial charge in [-0.25, -0.2) is 0 Å². The summed E-state index contributed by atoms with van der Waals surface area (Å²) in [6, 6.07) is 5.43. The second-order valence-electron chi connectivity index (χ2n) is 5.69. The van der Waals surface area contributed by atoms with Crippen molar-refractivity contribution < 1.29 is 14.0 Å². The van der Waals surface area contributed by atoms with Crippen LogP contribution in [-0.2, 0) is 11.3 Å². The number of aromatic nitrogens is 3. The number of rotatable bonds is 8. The second kappa shape index (κ2) is 7.88. The second-order valence-corrected chi connectivity index (χ2v) is 8.09. The Morgan fingerprint density at radius 2 is 2.15 bits per heavy atom. The molecule has 9 heteroatoms. The Hall–Kier alpha value is -2.39. The fourth-order valence-electron chi connectivity index (χ4n) is 2.52. The van der Waals surface area contributed by atoms with Crippen LogP contribution in [0.15, 0.2) is 34.0 Å². The van der Waals surface area contributed by atoms with Gasteiger partial charge in [-0.1, -0.05) is 11.8 Å². The highest BCUT2D eigenvalue weighted by Crippen LogP contribution is 2.27. The van der Waals surface area contributed by atoms with Crippen molar-refractivity contribution in [2.75, 3.05) is 5.75 Å². The number of carbonyl (C=O) groups excluding carboxylic acids is 2. The largest absolute Gasteiger partial charge is 0.461 e. The van der Waals surface area contributed by atoms with Crippen molar-refractivity contribution in [2.45, 2.75) is 32.0 Å². The van der Waals surface area contributed by atoms with Crippen molar-refractivity contribution in [3.05, 3.63) is 39.8 Å². The van der Waals surface area contributed by atoms with Crippen LogP contribution in [0.4, 0.5) is 0 Å². The van der Waals surface area contributed by atoms with Gasteiger partial charge in [0.1, 0.15) is 0 Å². The Labute approximate surface area is 158 Å². The molecule has 3 rings (SSSR count). The minimum atomic E-state index is -0.416. The molecule has 0 atom stereocenters. The van der Waals surface area contributed by atoms with E-state index in [2.05, 4.69) is 10.2 Å². The van der Waals surface area contributed by atoms with Crippen molar-refractivity contribution in [3.63, 3.8) is 0 Å². The molecule has 26 heavy (non-hydrogen) atoms. The van der Waals surface area contributed by atoms with Crippen LogP contribution in [0.3, 0.4) is 0 Å². The van der Waals surface area contributed by atoms with Crippen molar-refractivity contribution in [1.82, 2.24) is 14.8 Å². The number of nitrogens with zero attached hydrogens (tertiary/aromatic N) is 3. The number of carbonyl (C=O) groups is 2. The summed E-state index contributed by atoms with van der Waals surface area (Å²) >= 11 is 2.90. The summed E-state index contributed by atoms with van der Waals surface area (Å²) in [4.78, 5) is 25.8. The lowest BCUT2D eigenvalue weighted by atomic mass is 10.2. The summed E-state index contributed by atoms with van der Waals surface area (Å²) in [5.74, 6) is 0.920. The number of aryl methyl sites for hydroxylation is 2. The Balaban J connectivity index is 1.79. The number of Topliss-reactive ketones (excluding diaryl/α,β-unsaturated/α-hetero) is 1. The van der Waals surface area contributed by atoms with E-state index in [-0.39, 0.29) is 18.0 Å². The van der Waals surface area contributed by atoms with E-state index in [9.17, 15) is 9.59 Å². The Kier molecular flexibility index (Phi) is 5.58. The summed E-state index contributed by atoms with van der Waals surface area (Å²) < 4.78 is 7.14. The Bertz CT molecular complexity index is 928. The number of thiophene rings is 1. The predicted octanol–water partition coefficient (Wildman–Crippen LogP) is 3.07. The molecule has 3 heterocycles. The third-order valence-corrected chi connectivity index (χ3v) is 5.65. The van der Waals surface area contributed by atoms with Crippen LogP contribution in [0.25, 0.3) is 11.6 Å². The highest BCUT2D eigenvalue weighted by atomic mass is 32.2. The molecule has 0 radical (unpaired) electrons. The van der Waals surface area contributed by atoms with Crippen LogP contribution < -0.4 is 5.73 Å². The average Bonchev–Trinajstić information content (AvgIpc) is 3.30. The summed E-state index contributed by atoms with van der Waals surface area (Å²) in [5.41, 5.74) is 6.01. The maximum absolute atomic E-state index is 12.5. The number of primary amides is 1. The zero-order valence-corrected chi connectivity index (χ0v) is 16.0. The van der Waals surface area contributed by atoms with E-state index >= 15 is 0 Å². The van der Waals surface area contributed by atoms with Gasteiger partial charge < -0.3 is 10.2 Å². The molecular weight excluding hydrogens is 372 g/mol. The van der Waals surface area contributed by atoms with Crippen LogP contribution in [0.1, 0.15) is 26.5 Å². The van der Waals surface area contributed by atoms with Crippen molar-refractivity contribution >= 4 is 34.8 Å². The van der Waals surface area contributed by atoms with E-state index in [0.29, 0.717) is 23.3 Å². The van der Waals surface area contributed by atoms with E-state index in [0.717, 1.165) is 15.3 Å². The SMILES string of the molecule is Cc1cc(C(=O)CSc2nnc(-c3ccco3)n2CCC(N)=O)c(C)s1. The molecular formula is C17H18N4O3S2. The van der Waals surface area contributed by atoms with Crippen molar-refractivity contribution in [1.29, 1.82) is 0 Å². The summed E-state index contributed by atoms with van der Waals surface area (Å²) in [6.07, 6.45) is 1.69. The number of furan rings is 1. The Morgan fingerprint density at radius 3 is 2.77 bits per heavy atom. The fourth-order valence-corrected chi connectivity index (χ4v) is 4.31. The van der Waals surface area contributed by atoms with Gasteiger partial charge >= 0.3 is 0 Å². The van der Waals surface area contributed by atoms with E-state index in [1.807, 2.05) is 19.9 Å². The Morgan fingerprint density at radius 1 is 1.35 bits per heavy atom. The molecule has 0 aliphatic heterocycles. The summed E-state index contributed by atoms with van der Waals surface area (Å²) in [6.45, 7) is 4.25. The average molecular weight is 390 g/mol. The smallest absolute Gasteiger partial charge is 0.219 e. The van der Waals surface area contributed by atoms with Crippen LogP contribution in [-0.4, -0.2) is 32.2 Å². The van der Waals surface area contributed by atoms with Crippen LogP contribution in [0, 0.1) is 13.8 Å². The van der Waals surface area contributed by atoms with E-state index in [1.165, 1.54) is 11.8 Å². The maximum atomic E-state index is 12.5. The van der Waals surface area contributed by atoms with Crippen LogP contribution >= 0.6 is 23.1 Å². The first-order valence-corrected chi connectivity index (χ1v) is 9.74. The van der Waals surface area contributed by atoms with Gasteiger partial charge in [-0.2, -0.15) is 0 Å². The van der Waals surface area contributed by atoms with E-state index < -0.39 is 5.91 Å². The van der Waals surface area contributed by atoms with Crippen LogP contribution in [0.5, 0.6) is 0 Å². The van der Waals surface area contributed by atoms with Crippen LogP contribution in [0.2, 0.25) is 0 Å². The highest BCUT2D eigenvalue weighted by Gasteiger charge is 2.19. The topological polar surface area (TPSA) is 104 Å². The minimum absolute atomic E-state index is 0.0425. The molecule has 0 bridgehead atoms. The van der Waals surface area contributed by atoms with E-state index in [4.69, 9.17) is 10.2 Å². The number of thioether (sulfide) groups is 1. The number of hydrogen-bond acceptors (Lipinski definition) is 7. The molecule has 0 saturated carbocycles. The normalized spacial score (nSPS) is 11.0. The molecule has 136 valence electrons. The molecule has 0 aliphatic carbocycles. The lowest BCUT2D eigenvalue weighted by Crippen LogP contribution is -2.15. The molecule has 0 aromatic carbocycles. The maximum Gasteiger partial charge on any atom is 0.219 e. The first-order chi connectivity index (χ1) is 12.5. The van der Waals surface area contributed by atoms with Gasteiger partial charge in [0.15, 0.2) is 22.5 Å².